The molecule has 6 heteroatoms. The zero-order valence-corrected chi connectivity index (χ0v) is 10.1. The third-order valence-electron chi connectivity index (χ3n) is 1.97. The molecular weight excluding hydrogens is 228 g/mol. The first-order chi connectivity index (χ1) is 7.74. The Morgan fingerprint density at radius 2 is 2.38 bits per heavy atom. The predicted octanol–water partition coefficient (Wildman–Crippen LogP) is 2.17. The van der Waals surface area contributed by atoms with Crippen molar-refractivity contribution in [2.24, 2.45) is 0 Å². The first-order valence-corrected chi connectivity index (χ1v) is 6.07. The van der Waals surface area contributed by atoms with Crippen LogP contribution in [0.4, 0.5) is 5.00 Å². The molecule has 16 heavy (non-hydrogen) atoms. The molecule has 0 radical (unpaired) electrons. The standard InChI is InChI=1S/C10H16N2O3S/c1-2-15-7-3-6-11-8-9-4-5-10(16-9)12(13)14/h4-5,11H,2-3,6-8H2,1H3. The van der Waals surface area contributed by atoms with Crippen molar-refractivity contribution in [3.05, 3.63) is 27.1 Å². The van der Waals surface area contributed by atoms with Crippen LogP contribution < -0.4 is 5.32 Å². The topological polar surface area (TPSA) is 64.4 Å². The highest BCUT2D eigenvalue weighted by Crippen LogP contribution is 2.23. The number of hydrogen-bond donors (Lipinski definition) is 1. The Hall–Kier alpha value is -0.980. The molecule has 0 unspecified atom stereocenters. The molecule has 1 aromatic heterocycles. The van der Waals surface area contributed by atoms with Crippen molar-refractivity contribution in [1.82, 2.24) is 5.32 Å². The molecule has 1 rings (SSSR count). The Bertz CT molecular complexity index is 328. The Labute approximate surface area is 98.6 Å². The van der Waals surface area contributed by atoms with Gasteiger partial charge in [-0.25, -0.2) is 0 Å². The Morgan fingerprint density at radius 1 is 1.56 bits per heavy atom. The molecule has 0 atom stereocenters. The van der Waals surface area contributed by atoms with Gasteiger partial charge in [0.2, 0.25) is 0 Å². The number of nitro groups is 1. The molecule has 0 saturated heterocycles. The van der Waals surface area contributed by atoms with Gasteiger partial charge < -0.3 is 10.1 Å². The summed E-state index contributed by atoms with van der Waals surface area (Å²) in [5.74, 6) is 0. The molecule has 1 aromatic rings. The van der Waals surface area contributed by atoms with E-state index in [9.17, 15) is 10.1 Å². The molecule has 0 aliphatic carbocycles. The van der Waals surface area contributed by atoms with Gasteiger partial charge in [-0.2, -0.15) is 0 Å². The largest absolute Gasteiger partial charge is 0.382 e. The van der Waals surface area contributed by atoms with Crippen molar-refractivity contribution in [3.63, 3.8) is 0 Å². The van der Waals surface area contributed by atoms with Crippen LogP contribution in [0.25, 0.3) is 0 Å². The Kier molecular flexibility index (Phi) is 5.99. The van der Waals surface area contributed by atoms with Crippen molar-refractivity contribution in [2.75, 3.05) is 19.8 Å². The summed E-state index contributed by atoms with van der Waals surface area (Å²) in [5.41, 5.74) is 0. The van der Waals surface area contributed by atoms with Crippen molar-refractivity contribution < 1.29 is 9.66 Å². The predicted molar refractivity (Wildman–Crippen MR) is 63.8 cm³/mol. The quantitative estimate of drug-likeness (QED) is 0.432. The molecule has 0 aromatic carbocycles. The first kappa shape index (κ1) is 13.1. The van der Waals surface area contributed by atoms with E-state index in [0.29, 0.717) is 6.54 Å². The molecule has 0 saturated carbocycles. The van der Waals surface area contributed by atoms with Crippen LogP contribution in [-0.2, 0) is 11.3 Å². The number of ether oxygens (including phenoxy) is 1. The second kappa shape index (κ2) is 7.32. The van der Waals surface area contributed by atoms with Gasteiger partial charge in [0.15, 0.2) is 0 Å². The maximum Gasteiger partial charge on any atom is 0.324 e. The minimum atomic E-state index is -0.358. The van der Waals surface area contributed by atoms with E-state index in [-0.39, 0.29) is 9.92 Å². The molecule has 90 valence electrons. The van der Waals surface area contributed by atoms with E-state index in [1.165, 1.54) is 11.3 Å². The van der Waals surface area contributed by atoms with Gasteiger partial charge in [0.1, 0.15) is 0 Å². The van der Waals surface area contributed by atoms with Crippen molar-refractivity contribution in [1.29, 1.82) is 0 Å². The van der Waals surface area contributed by atoms with E-state index in [1.807, 2.05) is 6.92 Å². The maximum absolute atomic E-state index is 10.4. The lowest BCUT2D eigenvalue weighted by Gasteiger charge is -2.02. The molecule has 5 nitrogen and oxygen atoms in total. The number of hydrogen-bond acceptors (Lipinski definition) is 5. The second-order valence-corrected chi connectivity index (χ2v) is 4.37. The summed E-state index contributed by atoms with van der Waals surface area (Å²) in [6.07, 6.45) is 0.960. The molecule has 1 N–H and O–H groups in total. The van der Waals surface area contributed by atoms with E-state index < -0.39 is 0 Å². The zero-order chi connectivity index (χ0) is 11.8. The Morgan fingerprint density at radius 3 is 3.00 bits per heavy atom. The van der Waals surface area contributed by atoms with Crippen molar-refractivity contribution in [2.45, 2.75) is 19.9 Å². The van der Waals surface area contributed by atoms with Crippen LogP contribution >= 0.6 is 11.3 Å². The fourth-order valence-electron chi connectivity index (χ4n) is 1.21. The molecule has 0 bridgehead atoms. The zero-order valence-electron chi connectivity index (χ0n) is 9.27. The highest BCUT2D eigenvalue weighted by Gasteiger charge is 2.08. The second-order valence-electron chi connectivity index (χ2n) is 3.22. The van der Waals surface area contributed by atoms with Crippen molar-refractivity contribution >= 4 is 16.3 Å². The van der Waals surface area contributed by atoms with Crippen LogP contribution in [0.15, 0.2) is 12.1 Å². The summed E-state index contributed by atoms with van der Waals surface area (Å²) in [6, 6.07) is 3.33. The highest BCUT2D eigenvalue weighted by molar-refractivity contribution is 7.15. The smallest absolute Gasteiger partial charge is 0.324 e. The number of thiophene rings is 1. The van der Waals surface area contributed by atoms with Gasteiger partial charge in [-0.1, -0.05) is 11.3 Å². The van der Waals surface area contributed by atoms with Gasteiger partial charge in [-0.05, 0) is 26.0 Å². The summed E-state index contributed by atoms with van der Waals surface area (Å²) in [5, 5.41) is 13.9. The van der Waals surface area contributed by atoms with E-state index in [2.05, 4.69) is 5.32 Å². The fourth-order valence-corrected chi connectivity index (χ4v) is 2.00. The minimum Gasteiger partial charge on any atom is -0.382 e. The third kappa shape index (κ3) is 4.69. The van der Waals surface area contributed by atoms with Gasteiger partial charge in [-0.3, -0.25) is 10.1 Å². The molecule has 1 heterocycles. The SMILES string of the molecule is CCOCCCNCc1ccc([N+](=O)[O-])s1. The van der Waals surface area contributed by atoms with Crippen LogP contribution in [0.5, 0.6) is 0 Å². The lowest BCUT2D eigenvalue weighted by Crippen LogP contribution is -2.15. The maximum atomic E-state index is 10.4. The van der Waals surface area contributed by atoms with Crippen LogP contribution in [0, 0.1) is 10.1 Å². The molecule has 0 spiro atoms. The lowest BCUT2D eigenvalue weighted by molar-refractivity contribution is -0.380. The fraction of sp³-hybridized carbons (Fsp3) is 0.600. The third-order valence-corrected chi connectivity index (χ3v) is 3.01. The monoisotopic (exact) mass is 244 g/mol. The summed E-state index contributed by atoms with van der Waals surface area (Å²) < 4.78 is 5.19. The number of nitrogens with zero attached hydrogens (tertiary/aromatic N) is 1. The van der Waals surface area contributed by atoms with E-state index in [4.69, 9.17) is 4.74 Å². The van der Waals surface area contributed by atoms with Crippen LogP contribution in [0.2, 0.25) is 0 Å². The van der Waals surface area contributed by atoms with Gasteiger partial charge in [0.25, 0.3) is 0 Å². The van der Waals surface area contributed by atoms with E-state index in [0.717, 1.165) is 31.1 Å². The first-order valence-electron chi connectivity index (χ1n) is 5.25. The minimum absolute atomic E-state index is 0.200. The molecule has 0 amide bonds. The van der Waals surface area contributed by atoms with Crippen LogP contribution in [0.3, 0.4) is 0 Å². The van der Waals surface area contributed by atoms with Gasteiger partial charge >= 0.3 is 5.00 Å². The average molecular weight is 244 g/mol. The summed E-state index contributed by atoms with van der Waals surface area (Å²) in [7, 11) is 0. The average Bonchev–Trinajstić information content (AvgIpc) is 2.72. The van der Waals surface area contributed by atoms with Crippen molar-refractivity contribution in [3.8, 4) is 0 Å². The van der Waals surface area contributed by atoms with Crippen LogP contribution in [0.1, 0.15) is 18.2 Å². The van der Waals surface area contributed by atoms with E-state index in [1.54, 1.807) is 12.1 Å². The molecule has 0 aliphatic heterocycles. The summed E-state index contributed by atoms with van der Waals surface area (Å²) in [6.45, 7) is 5.03. The van der Waals surface area contributed by atoms with Crippen LogP contribution in [-0.4, -0.2) is 24.7 Å². The van der Waals surface area contributed by atoms with E-state index >= 15 is 0 Å². The summed E-state index contributed by atoms with van der Waals surface area (Å²) in [4.78, 5) is 11.1. The Balaban J connectivity index is 2.14. The highest BCUT2D eigenvalue weighted by atomic mass is 32.1. The lowest BCUT2D eigenvalue weighted by atomic mass is 10.4. The molecule has 0 fully saturated rings. The van der Waals surface area contributed by atoms with Gasteiger partial charge in [0, 0.05) is 30.7 Å². The normalized spacial score (nSPS) is 10.6. The molecule has 0 aliphatic rings. The molecular formula is C10H16N2O3S. The van der Waals surface area contributed by atoms with Gasteiger partial charge in [0.05, 0.1) is 4.92 Å². The number of rotatable bonds is 8. The number of nitrogens with one attached hydrogen (secondary N) is 1. The van der Waals surface area contributed by atoms with Gasteiger partial charge in [-0.15, -0.1) is 0 Å². The summed E-state index contributed by atoms with van der Waals surface area (Å²) >= 11 is 1.22.